The molecule has 0 saturated carbocycles. The molecule has 3 aromatic rings. The lowest BCUT2D eigenvalue weighted by atomic mass is 10.1. The molecule has 0 aliphatic heterocycles. The Morgan fingerprint density at radius 2 is 1.97 bits per heavy atom. The van der Waals surface area contributed by atoms with Gasteiger partial charge in [0, 0.05) is 16.3 Å². The van der Waals surface area contributed by atoms with E-state index in [2.05, 4.69) is 20.9 Å². The van der Waals surface area contributed by atoms with Gasteiger partial charge in [-0.1, -0.05) is 11.6 Å². The number of halogens is 2. The number of benzene rings is 2. The molecule has 3 rings (SSSR count). The van der Waals surface area contributed by atoms with Crippen LogP contribution >= 0.6 is 39.3 Å². The van der Waals surface area contributed by atoms with Crippen LogP contribution in [0.25, 0.3) is 10.9 Å². The van der Waals surface area contributed by atoms with Crippen LogP contribution in [0.4, 0.5) is 0 Å². The number of nitrogens with one attached hydrogen (secondary N) is 1. The highest BCUT2D eigenvalue weighted by Gasteiger charge is 2.19. The smallest absolute Gasteiger partial charge is 0.202 e. The highest BCUT2D eigenvalue weighted by molar-refractivity contribution is 9.10. The maximum Gasteiger partial charge on any atom is 0.202 e. The van der Waals surface area contributed by atoms with Gasteiger partial charge in [0.2, 0.25) is 5.43 Å². The molecule has 0 amide bonds. The number of rotatable bonds is 7. The lowest BCUT2D eigenvalue weighted by Crippen LogP contribution is -2.17. The van der Waals surface area contributed by atoms with Crippen molar-refractivity contribution in [2.45, 2.75) is 24.6 Å². The van der Waals surface area contributed by atoms with E-state index in [-0.39, 0.29) is 16.8 Å². The zero-order chi connectivity index (χ0) is 21.1. The summed E-state index contributed by atoms with van der Waals surface area (Å²) in [6.45, 7) is 3.84. The van der Waals surface area contributed by atoms with Gasteiger partial charge in [0.15, 0.2) is 5.78 Å². The largest absolute Gasteiger partial charge is 0.497 e. The number of fused-ring (bicyclic) bond motifs is 1. The van der Waals surface area contributed by atoms with Gasteiger partial charge in [0.1, 0.15) is 11.5 Å². The van der Waals surface area contributed by atoms with Gasteiger partial charge >= 0.3 is 0 Å². The summed E-state index contributed by atoms with van der Waals surface area (Å²) in [5.74, 6) is 1.58. The fraction of sp³-hybridized carbons (Fsp3) is 0.238. The molecule has 1 heterocycles. The number of pyridine rings is 1. The van der Waals surface area contributed by atoms with E-state index in [1.807, 2.05) is 25.1 Å². The molecule has 0 fully saturated rings. The second kappa shape index (κ2) is 9.24. The quantitative estimate of drug-likeness (QED) is 0.328. The summed E-state index contributed by atoms with van der Waals surface area (Å²) in [5, 5.41) is 1.10. The minimum atomic E-state index is -0.374. The van der Waals surface area contributed by atoms with Crippen LogP contribution in [0, 0.1) is 0 Å². The Hall–Kier alpha value is -1.96. The number of thioether (sulfide) groups is 1. The molecule has 0 aliphatic carbocycles. The highest BCUT2D eigenvalue weighted by Crippen LogP contribution is 2.33. The van der Waals surface area contributed by atoms with Crippen molar-refractivity contribution in [3.8, 4) is 11.5 Å². The number of carbonyl (C=O) groups excluding carboxylic acids is 1. The molecule has 1 N–H and O–H groups in total. The Morgan fingerprint density at radius 1 is 1.24 bits per heavy atom. The lowest BCUT2D eigenvalue weighted by Gasteiger charge is -2.12. The first-order valence-electron chi connectivity index (χ1n) is 8.84. The predicted octanol–water partition coefficient (Wildman–Crippen LogP) is 5.85. The predicted molar refractivity (Wildman–Crippen MR) is 121 cm³/mol. The van der Waals surface area contributed by atoms with Crippen LogP contribution in [-0.4, -0.2) is 24.5 Å². The summed E-state index contributed by atoms with van der Waals surface area (Å²) in [4.78, 5) is 28.5. The second-order valence-corrected chi connectivity index (χ2v) is 8.48. The van der Waals surface area contributed by atoms with E-state index in [4.69, 9.17) is 21.1 Å². The van der Waals surface area contributed by atoms with Gasteiger partial charge < -0.3 is 14.5 Å². The number of Topliss-reactive ketones (excluding diaryl/α,β-unsaturated/α-hetero) is 1. The number of ether oxygens (including phenoxy) is 2. The topological polar surface area (TPSA) is 68.4 Å². The molecule has 0 spiro atoms. The molecule has 0 unspecified atom stereocenters. The molecule has 152 valence electrons. The number of ketones is 1. The number of hydrogen-bond acceptors (Lipinski definition) is 5. The van der Waals surface area contributed by atoms with Crippen molar-refractivity contribution in [1.29, 1.82) is 0 Å². The highest BCUT2D eigenvalue weighted by atomic mass is 79.9. The Kier molecular flexibility index (Phi) is 6.93. The zero-order valence-corrected chi connectivity index (χ0v) is 19.3. The fourth-order valence-electron chi connectivity index (χ4n) is 2.97. The maximum atomic E-state index is 13.0. The molecule has 2 aromatic carbocycles. The molecule has 29 heavy (non-hydrogen) atoms. The minimum absolute atomic E-state index is 0.107. The first kappa shape index (κ1) is 21.7. The van der Waals surface area contributed by atoms with Gasteiger partial charge in [-0.15, -0.1) is 11.8 Å². The third-order valence-electron chi connectivity index (χ3n) is 4.25. The Morgan fingerprint density at radius 3 is 2.62 bits per heavy atom. The Bertz CT molecular complexity index is 1150. The molecular weight excluding hydrogens is 478 g/mol. The van der Waals surface area contributed by atoms with Gasteiger partial charge in [-0.25, -0.2) is 0 Å². The zero-order valence-electron chi connectivity index (χ0n) is 16.1. The second-order valence-electron chi connectivity index (χ2n) is 6.23. The fourth-order valence-corrected chi connectivity index (χ4v) is 4.67. The number of methoxy groups -OCH3 is 1. The Labute approximate surface area is 185 Å². The van der Waals surface area contributed by atoms with Crippen LogP contribution in [0.2, 0.25) is 5.02 Å². The number of H-pyrrole nitrogens is 1. The van der Waals surface area contributed by atoms with Crippen molar-refractivity contribution in [1.82, 2.24) is 4.98 Å². The van der Waals surface area contributed by atoms with Crippen molar-refractivity contribution in [2.75, 3.05) is 13.7 Å². The molecule has 0 saturated heterocycles. The molecule has 0 atom stereocenters. The normalized spacial score (nSPS) is 10.9. The molecular formula is C21H19BrClNO4S. The maximum absolute atomic E-state index is 13.0. The summed E-state index contributed by atoms with van der Waals surface area (Å²) in [7, 11) is 1.60. The summed E-state index contributed by atoms with van der Waals surface area (Å²) in [6, 6.07) is 9.02. The third kappa shape index (κ3) is 4.63. The average Bonchev–Trinajstić information content (AvgIpc) is 2.68. The summed E-state index contributed by atoms with van der Waals surface area (Å²) < 4.78 is 11.6. The van der Waals surface area contributed by atoms with Crippen LogP contribution in [0.15, 0.2) is 44.6 Å². The SMILES string of the molecule is CCOc1cc(CSc2[nH]c3c(Br)ccc(Cl)c3c(=O)c2C(C)=O)cc(OC)c1. The van der Waals surface area contributed by atoms with E-state index in [0.717, 1.165) is 5.56 Å². The number of hydrogen-bond donors (Lipinski definition) is 1. The van der Waals surface area contributed by atoms with Gasteiger partial charge in [-0.3, -0.25) is 9.59 Å². The molecule has 0 radical (unpaired) electrons. The van der Waals surface area contributed by atoms with E-state index in [1.54, 1.807) is 19.2 Å². The van der Waals surface area contributed by atoms with Gasteiger partial charge in [-0.05, 0) is 59.6 Å². The molecule has 0 bridgehead atoms. The van der Waals surface area contributed by atoms with E-state index in [0.29, 0.717) is 49.3 Å². The van der Waals surface area contributed by atoms with Crippen LogP contribution in [0.3, 0.4) is 0 Å². The van der Waals surface area contributed by atoms with E-state index < -0.39 is 0 Å². The number of carbonyl (C=O) groups is 1. The van der Waals surface area contributed by atoms with Gasteiger partial charge in [0.05, 0.1) is 40.2 Å². The van der Waals surface area contributed by atoms with Crippen molar-refractivity contribution in [2.24, 2.45) is 0 Å². The number of aromatic nitrogens is 1. The third-order valence-corrected chi connectivity index (χ3v) is 6.29. The molecule has 8 heteroatoms. The van der Waals surface area contributed by atoms with Crippen molar-refractivity contribution in [3.63, 3.8) is 0 Å². The van der Waals surface area contributed by atoms with Crippen molar-refractivity contribution < 1.29 is 14.3 Å². The average molecular weight is 497 g/mol. The van der Waals surface area contributed by atoms with Crippen molar-refractivity contribution >= 4 is 56.0 Å². The van der Waals surface area contributed by atoms with Crippen LogP contribution in [-0.2, 0) is 5.75 Å². The Balaban J connectivity index is 2.06. The van der Waals surface area contributed by atoms with E-state index in [1.165, 1.54) is 18.7 Å². The van der Waals surface area contributed by atoms with Gasteiger partial charge in [0.25, 0.3) is 0 Å². The summed E-state index contributed by atoms with van der Waals surface area (Å²) in [5.41, 5.74) is 1.24. The molecule has 1 aromatic heterocycles. The van der Waals surface area contributed by atoms with Crippen molar-refractivity contribution in [3.05, 3.63) is 61.2 Å². The molecule has 0 aliphatic rings. The van der Waals surface area contributed by atoms with Crippen LogP contribution in [0.5, 0.6) is 11.5 Å². The van der Waals surface area contributed by atoms with E-state index in [9.17, 15) is 9.59 Å². The number of aromatic amines is 1. The first-order chi connectivity index (χ1) is 13.8. The summed E-state index contributed by atoms with van der Waals surface area (Å²) in [6.07, 6.45) is 0. The standard InChI is InChI=1S/C21H19BrClNO4S/c1-4-28-14-8-12(7-13(9-14)27-3)10-29-21-17(11(2)25)20(26)18-16(23)6-5-15(22)19(18)24-21/h5-9H,4,10H2,1-3H3,(H,24,26). The molecule has 5 nitrogen and oxygen atoms in total. The van der Waals surface area contributed by atoms with E-state index >= 15 is 0 Å². The van der Waals surface area contributed by atoms with Gasteiger partial charge in [-0.2, -0.15) is 0 Å². The van der Waals surface area contributed by atoms with Crippen LogP contribution in [0.1, 0.15) is 29.8 Å². The first-order valence-corrected chi connectivity index (χ1v) is 11.0. The minimum Gasteiger partial charge on any atom is -0.497 e. The summed E-state index contributed by atoms with van der Waals surface area (Å²) >= 11 is 11.0. The lowest BCUT2D eigenvalue weighted by molar-refractivity contribution is 0.101. The van der Waals surface area contributed by atoms with Crippen LogP contribution < -0.4 is 14.9 Å². The monoisotopic (exact) mass is 495 g/mol.